The van der Waals surface area contributed by atoms with Crippen molar-refractivity contribution in [2.75, 3.05) is 14.2 Å². The van der Waals surface area contributed by atoms with Crippen LogP contribution >= 0.6 is 22.9 Å². The highest BCUT2D eigenvalue weighted by molar-refractivity contribution is 7.18. The third kappa shape index (κ3) is 3.30. The highest BCUT2D eigenvalue weighted by Crippen LogP contribution is 2.29. The molecule has 0 spiro atoms. The van der Waals surface area contributed by atoms with Crippen molar-refractivity contribution in [1.82, 2.24) is 4.98 Å². The van der Waals surface area contributed by atoms with Gasteiger partial charge in [-0.25, -0.2) is 4.98 Å². The van der Waals surface area contributed by atoms with Gasteiger partial charge in [0.1, 0.15) is 5.01 Å². The van der Waals surface area contributed by atoms with E-state index in [0.29, 0.717) is 22.1 Å². The van der Waals surface area contributed by atoms with Crippen molar-refractivity contribution in [3.05, 3.63) is 52.0 Å². The number of halogens is 1. The molecule has 6 heteroatoms. The van der Waals surface area contributed by atoms with Crippen molar-refractivity contribution in [2.45, 2.75) is 6.42 Å². The number of carbonyl (C=O) groups excluding carboxylic acids is 1. The lowest BCUT2D eigenvalue weighted by Gasteiger charge is -2.08. The van der Waals surface area contributed by atoms with Gasteiger partial charge in [0.25, 0.3) is 0 Å². The van der Waals surface area contributed by atoms with Gasteiger partial charge in [0.05, 0.1) is 30.9 Å². The molecule has 1 heterocycles. The molecular formula is C17H14ClNO3S. The largest absolute Gasteiger partial charge is 0.493 e. The van der Waals surface area contributed by atoms with Gasteiger partial charge in [-0.15, -0.1) is 11.3 Å². The topological polar surface area (TPSA) is 48.4 Å². The SMILES string of the molecule is COc1ccc(C(=O)Cc2nc3ccc(Cl)cc3s2)cc1OC. The van der Waals surface area contributed by atoms with Crippen LogP contribution in [-0.4, -0.2) is 25.0 Å². The van der Waals surface area contributed by atoms with E-state index in [1.54, 1.807) is 38.5 Å². The number of nitrogens with zero attached hydrogens (tertiary/aromatic N) is 1. The number of hydrogen-bond acceptors (Lipinski definition) is 5. The number of benzene rings is 2. The maximum atomic E-state index is 12.5. The van der Waals surface area contributed by atoms with Gasteiger partial charge >= 0.3 is 0 Å². The summed E-state index contributed by atoms with van der Waals surface area (Å²) in [7, 11) is 3.11. The number of fused-ring (bicyclic) bond motifs is 1. The van der Waals surface area contributed by atoms with Crippen molar-refractivity contribution in [3.63, 3.8) is 0 Å². The Balaban J connectivity index is 1.85. The number of thiazole rings is 1. The summed E-state index contributed by atoms with van der Waals surface area (Å²) in [6.45, 7) is 0. The molecule has 0 atom stereocenters. The van der Waals surface area contributed by atoms with Crippen molar-refractivity contribution >= 4 is 38.9 Å². The molecule has 0 aliphatic carbocycles. The Morgan fingerprint density at radius 1 is 1.13 bits per heavy atom. The molecule has 0 saturated heterocycles. The van der Waals surface area contributed by atoms with Crippen LogP contribution in [0.25, 0.3) is 10.2 Å². The van der Waals surface area contributed by atoms with E-state index in [4.69, 9.17) is 21.1 Å². The Bertz CT molecular complexity index is 875. The van der Waals surface area contributed by atoms with E-state index in [1.165, 1.54) is 11.3 Å². The lowest BCUT2D eigenvalue weighted by atomic mass is 10.1. The number of methoxy groups -OCH3 is 2. The zero-order valence-electron chi connectivity index (χ0n) is 12.6. The lowest BCUT2D eigenvalue weighted by Crippen LogP contribution is -2.04. The summed E-state index contributed by atoms with van der Waals surface area (Å²) in [5.41, 5.74) is 1.43. The third-order valence-corrected chi connectivity index (χ3v) is 4.67. The van der Waals surface area contributed by atoms with E-state index in [-0.39, 0.29) is 12.2 Å². The molecule has 0 aliphatic heterocycles. The Morgan fingerprint density at radius 2 is 1.91 bits per heavy atom. The summed E-state index contributed by atoms with van der Waals surface area (Å²) in [6, 6.07) is 10.7. The molecule has 0 unspecified atom stereocenters. The molecule has 3 aromatic rings. The quantitative estimate of drug-likeness (QED) is 0.642. The zero-order chi connectivity index (χ0) is 16.4. The van der Waals surface area contributed by atoms with Crippen LogP contribution in [0, 0.1) is 0 Å². The molecular weight excluding hydrogens is 334 g/mol. The van der Waals surface area contributed by atoms with Crippen LogP contribution in [0.5, 0.6) is 11.5 Å². The van der Waals surface area contributed by atoms with E-state index < -0.39 is 0 Å². The van der Waals surface area contributed by atoms with E-state index in [1.807, 2.05) is 12.1 Å². The number of ketones is 1. The first kappa shape index (κ1) is 15.8. The lowest BCUT2D eigenvalue weighted by molar-refractivity contribution is 0.0992. The van der Waals surface area contributed by atoms with Crippen LogP contribution in [0.3, 0.4) is 0 Å². The Hall–Kier alpha value is -2.11. The van der Waals surface area contributed by atoms with Crippen molar-refractivity contribution < 1.29 is 14.3 Å². The Kier molecular flexibility index (Phi) is 4.50. The van der Waals surface area contributed by atoms with Gasteiger partial charge in [0.15, 0.2) is 17.3 Å². The fourth-order valence-electron chi connectivity index (χ4n) is 2.27. The Labute approximate surface area is 142 Å². The van der Waals surface area contributed by atoms with Crippen molar-refractivity contribution in [1.29, 1.82) is 0 Å². The van der Waals surface area contributed by atoms with E-state index in [9.17, 15) is 4.79 Å². The third-order valence-electron chi connectivity index (χ3n) is 3.41. The molecule has 0 amide bonds. The number of rotatable bonds is 5. The Morgan fingerprint density at radius 3 is 2.65 bits per heavy atom. The van der Waals surface area contributed by atoms with Gasteiger partial charge in [-0.2, -0.15) is 0 Å². The van der Waals surface area contributed by atoms with Crippen LogP contribution in [0.4, 0.5) is 0 Å². The van der Waals surface area contributed by atoms with Gasteiger partial charge < -0.3 is 9.47 Å². The highest BCUT2D eigenvalue weighted by atomic mass is 35.5. The van der Waals surface area contributed by atoms with Gasteiger partial charge in [0, 0.05) is 10.6 Å². The van der Waals surface area contributed by atoms with Crippen LogP contribution in [0.15, 0.2) is 36.4 Å². The number of Topliss-reactive ketones (excluding diaryl/α,β-unsaturated/α-hetero) is 1. The van der Waals surface area contributed by atoms with E-state index in [2.05, 4.69) is 4.98 Å². The van der Waals surface area contributed by atoms with Gasteiger partial charge in [0.2, 0.25) is 0 Å². The average Bonchev–Trinajstić information content (AvgIpc) is 2.95. The summed E-state index contributed by atoms with van der Waals surface area (Å²) in [4.78, 5) is 16.9. The number of hydrogen-bond donors (Lipinski definition) is 0. The predicted octanol–water partition coefficient (Wildman–Crippen LogP) is 4.39. The fraction of sp³-hybridized carbons (Fsp3) is 0.176. The predicted molar refractivity (Wildman–Crippen MR) is 92.2 cm³/mol. The van der Waals surface area contributed by atoms with Crippen LogP contribution in [0.2, 0.25) is 5.02 Å². The average molecular weight is 348 g/mol. The minimum absolute atomic E-state index is 0.0175. The van der Waals surface area contributed by atoms with Gasteiger partial charge in [-0.05, 0) is 36.4 Å². The summed E-state index contributed by atoms with van der Waals surface area (Å²) < 4.78 is 11.4. The zero-order valence-corrected chi connectivity index (χ0v) is 14.2. The van der Waals surface area contributed by atoms with Crippen molar-refractivity contribution in [3.8, 4) is 11.5 Å². The minimum Gasteiger partial charge on any atom is -0.493 e. The minimum atomic E-state index is -0.0175. The fourth-order valence-corrected chi connectivity index (χ4v) is 3.51. The molecule has 0 N–H and O–H groups in total. The second-order valence-corrected chi connectivity index (χ2v) is 6.44. The second kappa shape index (κ2) is 6.56. The monoisotopic (exact) mass is 347 g/mol. The summed E-state index contributed by atoms with van der Waals surface area (Å²) >= 11 is 7.46. The molecule has 0 radical (unpaired) electrons. The number of ether oxygens (including phenoxy) is 2. The highest BCUT2D eigenvalue weighted by Gasteiger charge is 2.14. The normalized spacial score (nSPS) is 10.7. The van der Waals surface area contributed by atoms with E-state index >= 15 is 0 Å². The van der Waals surface area contributed by atoms with Crippen LogP contribution < -0.4 is 9.47 Å². The number of aromatic nitrogens is 1. The number of carbonyl (C=O) groups is 1. The molecule has 0 bridgehead atoms. The maximum Gasteiger partial charge on any atom is 0.169 e. The molecule has 118 valence electrons. The summed E-state index contributed by atoms with van der Waals surface area (Å²) in [6.07, 6.45) is 0.243. The molecule has 23 heavy (non-hydrogen) atoms. The molecule has 3 rings (SSSR count). The standard InChI is InChI=1S/C17H14ClNO3S/c1-21-14-6-3-10(7-15(14)22-2)13(20)9-17-19-12-5-4-11(18)8-16(12)23-17/h3-8H,9H2,1-2H3. The van der Waals surface area contributed by atoms with Gasteiger partial charge in [-0.1, -0.05) is 11.6 Å². The summed E-state index contributed by atoms with van der Waals surface area (Å²) in [5, 5.41) is 1.43. The second-order valence-electron chi connectivity index (χ2n) is 4.89. The molecule has 2 aromatic carbocycles. The smallest absolute Gasteiger partial charge is 0.169 e. The molecule has 1 aromatic heterocycles. The first-order chi connectivity index (χ1) is 11.1. The molecule has 0 aliphatic rings. The molecule has 4 nitrogen and oxygen atoms in total. The summed E-state index contributed by atoms with van der Waals surface area (Å²) in [5.74, 6) is 1.12. The van der Waals surface area contributed by atoms with E-state index in [0.717, 1.165) is 15.2 Å². The molecule has 0 fully saturated rings. The first-order valence-corrected chi connectivity index (χ1v) is 8.10. The van der Waals surface area contributed by atoms with Crippen LogP contribution in [0.1, 0.15) is 15.4 Å². The first-order valence-electron chi connectivity index (χ1n) is 6.91. The molecule has 0 saturated carbocycles. The van der Waals surface area contributed by atoms with Crippen LogP contribution in [-0.2, 0) is 6.42 Å². The van der Waals surface area contributed by atoms with Gasteiger partial charge in [-0.3, -0.25) is 4.79 Å². The van der Waals surface area contributed by atoms with Crippen molar-refractivity contribution in [2.24, 2.45) is 0 Å². The maximum absolute atomic E-state index is 12.5.